The minimum atomic E-state index is -3.71. The predicted molar refractivity (Wildman–Crippen MR) is 78.0 cm³/mol. The summed E-state index contributed by atoms with van der Waals surface area (Å²) in [5, 5.41) is 9.16. The minimum Gasteiger partial charge on any atom is -0.477 e. The molecule has 0 aliphatic carbocycles. The van der Waals surface area contributed by atoms with Gasteiger partial charge in [-0.3, -0.25) is 0 Å². The Labute approximate surface area is 125 Å². The second-order valence-corrected chi connectivity index (χ2v) is 6.49. The van der Waals surface area contributed by atoms with Crippen LogP contribution in [0.5, 0.6) is 0 Å². The molecule has 0 unspecified atom stereocenters. The first-order valence-electron chi connectivity index (χ1n) is 6.81. The van der Waals surface area contributed by atoms with Gasteiger partial charge in [-0.1, -0.05) is 13.8 Å². The molecule has 0 atom stereocenters. The van der Waals surface area contributed by atoms with Crippen molar-refractivity contribution < 1.29 is 23.1 Å². The maximum absolute atomic E-state index is 12.5. The number of carboxylic acids is 1. The van der Waals surface area contributed by atoms with Crippen molar-refractivity contribution in [3.8, 4) is 0 Å². The number of ether oxygens (including phenoxy) is 1. The molecular formula is C13H22N2O5S. The zero-order chi connectivity index (χ0) is 16.0. The first-order chi connectivity index (χ1) is 9.88. The van der Waals surface area contributed by atoms with Gasteiger partial charge in [0.25, 0.3) is 0 Å². The number of hydrogen-bond acceptors (Lipinski definition) is 4. The molecule has 0 aromatic carbocycles. The van der Waals surface area contributed by atoms with Gasteiger partial charge in [0.2, 0.25) is 10.0 Å². The average molecular weight is 318 g/mol. The molecule has 1 N–H and O–H groups in total. The number of likely N-dealkylation sites (N-methyl/N-ethyl adjacent to an activating group) is 1. The quantitative estimate of drug-likeness (QED) is 0.740. The number of carbonyl (C=O) groups is 1. The monoisotopic (exact) mass is 318 g/mol. The smallest absolute Gasteiger partial charge is 0.352 e. The van der Waals surface area contributed by atoms with Crippen LogP contribution in [0.25, 0.3) is 0 Å². The van der Waals surface area contributed by atoms with Gasteiger partial charge in [0.05, 0.1) is 6.61 Å². The van der Waals surface area contributed by atoms with Gasteiger partial charge < -0.3 is 14.4 Å². The van der Waals surface area contributed by atoms with Crippen LogP contribution < -0.4 is 0 Å². The number of rotatable bonds is 9. The lowest BCUT2D eigenvalue weighted by atomic mass is 10.4. The number of carboxylic acid groups (broad SMARTS) is 1. The maximum atomic E-state index is 12.5. The van der Waals surface area contributed by atoms with Crippen LogP contribution >= 0.6 is 0 Å². The normalized spacial score (nSPS) is 12.0. The molecule has 1 aromatic rings. The van der Waals surface area contributed by atoms with E-state index < -0.39 is 16.0 Å². The maximum Gasteiger partial charge on any atom is 0.352 e. The van der Waals surface area contributed by atoms with E-state index in [0.717, 1.165) is 6.42 Å². The van der Waals surface area contributed by atoms with Crippen LogP contribution in [0.4, 0.5) is 0 Å². The summed E-state index contributed by atoms with van der Waals surface area (Å²) >= 11 is 0. The van der Waals surface area contributed by atoms with Crippen molar-refractivity contribution in [2.24, 2.45) is 0 Å². The van der Waals surface area contributed by atoms with Gasteiger partial charge in [-0.2, -0.15) is 4.31 Å². The van der Waals surface area contributed by atoms with Gasteiger partial charge in [-0.25, -0.2) is 13.2 Å². The van der Waals surface area contributed by atoms with Gasteiger partial charge in [-0.15, -0.1) is 0 Å². The Kier molecular flexibility index (Phi) is 6.38. The van der Waals surface area contributed by atoms with E-state index in [9.17, 15) is 13.2 Å². The molecule has 120 valence electrons. The largest absolute Gasteiger partial charge is 0.477 e. The first-order valence-corrected chi connectivity index (χ1v) is 8.25. The summed E-state index contributed by atoms with van der Waals surface area (Å²) in [4.78, 5) is 11.2. The molecule has 0 aliphatic heterocycles. The fourth-order valence-corrected chi connectivity index (χ4v) is 3.49. The number of aromatic nitrogens is 1. The van der Waals surface area contributed by atoms with Crippen LogP contribution in [0.2, 0.25) is 0 Å². The van der Waals surface area contributed by atoms with Crippen LogP contribution in [0, 0.1) is 0 Å². The molecule has 0 saturated carbocycles. The van der Waals surface area contributed by atoms with Gasteiger partial charge in [-0.05, 0) is 12.5 Å². The summed E-state index contributed by atoms with van der Waals surface area (Å²) in [5.41, 5.74) is -0.0155. The highest BCUT2D eigenvalue weighted by Gasteiger charge is 2.26. The van der Waals surface area contributed by atoms with E-state index in [2.05, 4.69) is 0 Å². The number of hydrogen-bond donors (Lipinski definition) is 1. The fourth-order valence-electron chi connectivity index (χ4n) is 2.02. The molecule has 0 spiro atoms. The number of aromatic carboxylic acids is 1. The van der Waals surface area contributed by atoms with Crippen molar-refractivity contribution >= 4 is 16.0 Å². The Morgan fingerprint density at radius 2 is 2.10 bits per heavy atom. The van der Waals surface area contributed by atoms with E-state index in [1.807, 2.05) is 6.92 Å². The zero-order valence-corrected chi connectivity index (χ0v) is 13.4. The second kappa shape index (κ2) is 7.58. The SMILES string of the molecule is CCCn1cc(S(=O)(=O)N(CC)CCOC)cc1C(=O)O. The Morgan fingerprint density at radius 3 is 2.57 bits per heavy atom. The lowest BCUT2D eigenvalue weighted by Crippen LogP contribution is -2.33. The molecule has 21 heavy (non-hydrogen) atoms. The molecule has 0 aliphatic rings. The van der Waals surface area contributed by atoms with E-state index in [1.54, 1.807) is 6.92 Å². The molecular weight excluding hydrogens is 296 g/mol. The second-order valence-electron chi connectivity index (χ2n) is 4.55. The van der Waals surface area contributed by atoms with Crippen molar-refractivity contribution in [3.63, 3.8) is 0 Å². The van der Waals surface area contributed by atoms with Gasteiger partial charge in [0.1, 0.15) is 10.6 Å². The van der Waals surface area contributed by atoms with Crippen LogP contribution in [0.1, 0.15) is 30.8 Å². The predicted octanol–water partition coefficient (Wildman–Crippen LogP) is 1.25. The zero-order valence-electron chi connectivity index (χ0n) is 12.6. The van der Waals surface area contributed by atoms with Crippen molar-refractivity contribution in [3.05, 3.63) is 18.0 Å². The molecule has 0 bridgehead atoms. The van der Waals surface area contributed by atoms with E-state index in [0.29, 0.717) is 13.1 Å². The lowest BCUT2D eigenvalue weighted by molar-refractivity contribution is 0.0685. The molecule has 0 amide bonds. The highest BCUT2D eigenvalue weighted by molar-refractivity contribution is 7.89. The standard InChI is InChI=1S/C13H22N2O5S/c1-4-6-14-10-11(9-12(14)13(16)17)21(18,19)15(5-2)7-8-20-3/h9-10H,4-8H2,1-3H3,(H,16,17). The van der Waals surface area contributed by atoms with E-state index in [-0.39, 0.29) is 23.7 Å². The summed E-state index contributed by atoms with van der Waals surface area (Å²) in [7, 11) is -2.21. The Balaban J connectivity index is 3.18. The molecule has 0 radical (unpaired) electrons. The van der Waals surface area contributed by atoms with E-state index in [4.69, 9.17) is 9.84 Å². The molecule has 1 heterocycles. The summed E-state index contributed by atoms with van der Waals surface area (Å²) in [5.74, 6) is -1.13. The molecule has 1 aromatic heterocycles. The molecule has 0 fully saturated rings. The lowest BCUT2D eigenvalue weighted by Gasteiger charge is -2.19. The van der Waals surface area contributed by atoms with E-state index in [1.165, 1.54) is 28.2 Å². The third-order valence-electron chi connectivity index (χ3n) is 3.09. The summed E-state index contributed by atoms with van der Waals surface area (Å²) < 4.78 is 32.7. The Morgan fingerprint density at radius 1 is 1.43 bits per heavy atom. The third-order valence-corrected chi connectivity index (χ3v) is 5.03. The number of methoxy groups -OCH3 is 1. The summed E-state index contributed by atoms with van der Waals surface area (Å²) in [6, 6.07) is 1.21. The molecule has 8 heteroatoms. The highest BCUT2D eigenvalue weighted by atomic mass is 32.2. The molecule has 1 rings (SSSR count). The van der Waals surface area contributed by atoms with Gasteiger partial charge >= 0.3 is 5.97 Å². The first kappa shape index (κ1) is 17.7. The molecule has 0 saturated heterocycles. The third kappa shape index (κ3) is 4.05. The van der Waals surface area contributed by atoms with Crippen molar-refractivity contribution in [1.29, 1.82) is 0 Å². The van der Waals surface area contributed by atoms with Crippen LogP contribution in [0.15, 0.2) is 17.2 Å². The average Bonchev–Trinajstić information content (AvgIpc) is 2.85. The fraction of sp³-hybridized carbons (Fsp3) is 0.615. The van der Waals surface area contributed by atoms with Crippen molar-refractivity contribution in [1.82, 2.24) is 8.87 Å². The van der Waals surface area contributed by atoms with Crippen molar-refractivity contribution in [2.45, 2.75) is 31.7 Å². The number of nitrogens with zero attached hydrogens (tertiary/aromatic N) is 2. The van der Waals surface area contributed by atoms with Crippen LogP contribution in [0.3, 0.4) is 0 Å². The summed E-state index contributed by atoms with van der Waals surface area (Å²) in [6.07, 6.45) is 2.10. The highest BCUT2D eigenvalue weighted by Crippen LogP contribution is 2.19. The van der Waals surface area contributed by atoms with Crippen molar-refractivity contribution in [2.75, 3.05) is 26.8 Å². The van der Waals surface area contributed by atoms with E-state index >= 15 is 0 Å². The summed E-state index contributed by atoms with van der Waals surface area (Å²) in [6.45, 7) is 4.91. The van der Waals surface area contributed by atoms with Gasteiger partial charge in [0.15, 0.2) is 0 Å². The molecule has 7 nitrogen and oxygen atoms in total. The number of sulfonamides is 1. The topological polar surface area (TPSA) is 88.8 Å². The van der Waals surface area contributed by atoms with Crippen LogP contribution in [-0.4, -0.2) is 55.2 Å². The Hall–Kier alpha value is -1.38. The minimum absolute atomic E-state index is 0.00584. The van der Waals surface area contributed by atoms with Crippen LogP contribution in [-0.2, 0) is 21.3 Å². The Bertz CT molecular complexity index is 579. The number of aryl methyl sites for hydroxylation is 1. The van der Waals surface area contributed by atoms with Gasteiger partial charge in [0, 0.05) is 32.9 Å².